The molecule has 0 aromatic rings. The van der Waals surface area contributed by atoms with Crippen LogP contribution in [0.1, 0.15) is 6.92 Å². The van der Waals surface area contributed by atoms with Crippen LogP contribution in [0.2, 0.25) is 0 Å². The minimum atomic E-state index is -0.585. The highest BCUT2D eigenvalue weighted by molar-refractivity contribution is 7.97. The quantitative estimate of drug-likeness (QED) is 0.490. The zero-order valence-corrected chi connectivity index (χ0v) is 6.93. The van der Waals surface area contributed by atoms with Gasteiger partial charge in [0.25, 0.3) is 0 Å². The summed E-state index contributed by atoms with van der Waals surface area (Å²) >= 11 is 3.43. The lowest BCUT2D eigenvalue weighted by Gasteiger charge is -1.97. The van der Waals surface area contributed by atoms with Crippen LogP contribution in [-0.4, -0.2) is 17.8 Å². The molecule has 0 aliphatic rings. The monoisotopic (exact) mass is 175 g/mol. The standard InChI is InChI=1S/C6H9NO3S/c1-2-10-6(9)7-4-3-5(8)11/h3-4H,2H2,1H3,(H,7,9)(H,8,11). The highest BCUT2D eigenvalue weighted by atomic mass is 32.1. The van der Waals surface area contributed by atoms with E-state index in [1.54, 1.807) is 6.92 Å². The van der Waals surface area contributed by atoms with E-state index in [4.69, 9.17) is 0 Å². The molecule has 1 amide bonds. The number of carbonyl (C=O) groups is 2. The summed E-state index contributed by atoms with van der Waals surface area (Å²) in [6.45, 7) is 1.99. The molecule has 0 unspecified atom stereocenters. The smallest absolute Gasteiger partial charge is 0.411 e. The predicted octanol–water partition coefficient (Wildman–Crippen LogP) is 0.703. The van der Waals surface area contributed by atoms with Crippen molar-refractivity contribution < 1.29 is 14.3 Å². The number of alkyl carbamates (subject to hydrolysis) is 1. The summed E-state index contributed by atoms with van der Waals surface area (Å²) in [5, 5.41) is 1.77. The topological polar surface area (TPSA) is 55.4 Å². The second kappa shape index (κ2) is 5.79. The van der Waals surface area contributed by atoms with Crippen molar-refractivity contribution in [2.75, 3.05) is 6.61 Å². The van der Waals surface area contributed by atoms with Crippen LogP contribution < -0.4 is 5.32 Å². The minimum absolute atomic E-state index is 0.300. The van der Waals surface area contributed by atoms with Gasteiger partial charge in [-0.15, -0.1) is 12.6 Å². The fraction of sp³-hybridized carbons (Fsp3) is 0.333. The van der Waals surface area contributed by atoms with Crippen molar-refractivity contribution >= 4 is 23.8 Å². The Morgan fingerprint density at radius 1 is 1.64 bits per heavy atom. The Morgan fingerprint density at radius 3 is 2.73 bits per heavy atom. The predicted molar refractivity (Wildman–Crippen MR) is 43.3 cm³/mol. The number of ether oxygens (including phenoxy) is 1. The summed E-state index contributed by atoms with van der Waals surface area (Å²) in [7, 11) is 0. The maximum Gasteiger partial charge on any atom is 0.411 e. The molecule has 0 aromatic heterocycles. The number of amides is 1. The fourth-order valence-electron chi connectivity index (χ4n) is 0.354. The number of hydrogen-bond acceptors (Lipinski definition) is 3. The van der Waals surface area contributed by atoms with Crippen LogP contribution >= 0.6 is 12.6 Å². The Morgan fingerprint density at radius 2 is 2.27 bits per heavy atom. The molecule has 0 radical (unpaired) electrons. The number of nitrogens with one attached hydrogen (secondary N) is 1. The molecule has 5 heteroatoms. The fourth-order valence-corrected chi connectivity index (χ4v) is 0.428. The van der Waals surface area contributed by atoms with Gasteiger partial charge in [-0.25, -0.2) is 4.79 Å². The molecule has 0 aromatic carbocycles. The van der Waals surface area contributed by atoms with Crippen molar-refractivity contribution in [3.63, 3.8) is 0 Å². The van der Waals surface area contributed by atoms with Gasteiger partial charge in [-0.1, -0.05) is 0 Å². The van der Waals surface area contributed by atoms with E-state index in [-0.39, 0.29) is 0 Å². The first-order chi connectivity index (χ1) is 5.16. The number of thiol groups is 1. The van der Waals surface area contributed by atoms with Gasteiger partial charge >= 0.3 is 6.09 Å². The van der Waals surface area contributed by atoms with Crippen molar-refractivity contribution in [2.45, 2.75) is 6.92 Å². The van der Waals surface area contributed by atoms with Crippen LogP contribution in [0.15, 0.2) is 12.3 Å². The van der Waals surface area contributed by atoms with E-state index in [0.717, 1.165) is 6.08 Å². The second-order valence-corrected chi connectivity index (χ2v) is 1.98. The SMILES string of the molecule is CCOC(=O)NC=CC(=O)S. The molecule has 11 heavy (non-hydrogen) atoms. The van der Waals surface area contributed by atoms with Gasteiger partial charge in [-0.05, 0) is 6.92 Å². The molecule has 0 aliphatic carbocycles. The Kier molecular flexibility index (Phi) is 5.28. The Balaban J connectivity index is 3.53. The molecule has 0 atom stereocenters. The van der Waals surface area contributed by atoms with Gasteiger partial charge in [-0.3, -0.25) is 10.1 Å². The van der Waals surface area contributed by atoms with Gasteiger partial charge in [0, 0.05) is 12.3 Å². The molecule has 0 heterocycles. The molecule has 0 saturated heterocycles. The van der Waals surface area contributed by atoms with Crippen molar-refractivity contribution in [3.8, 4) is 0 Å². The molecule has 0 spiro atoms. The van der Waals surface area contributed by atoms with E-state index in [9.17, 15) is 9.59 Å². The van der Waals surface area contributed by atoms with Crippen molar-refractivity contribution in [1.29, 1.82) is 0 Å². The second-order valence-electron chi connectivity index (χ2n) is 1.54. The van der Waals surface area contributed by atoms with Crippen LogP contribution in [-0.2, 0) is 9.53 Å². The first-order valence-corrected chi connectivity index (χ1v) is 3.44. The molecule has 0 saturated carbocycles. The average molecular weight is 175 g/mol. The number of rotatable bonds is 3. The summed E-state index contributed by atoms with van der Waals surface area (Å²) in [6, 6.07) is 0. The molecule has 1 N–H and O–H groups in total. The maximum atomic E-state index is 10.5. The molecule has 62 valence electrons. The van der Waals surface area contributed by atoms with E-state index in [1.165, 1.54) is 6.20 Å². The highest BCUT2D eigenvalue weighted by Crippen LogP contribution is 1.80. The third kappa shape index (κ3) is 6.92. The molecular weight excluding hydrogens is 166 g/mol. The molecule has 0 rings (SSSR count). The zero-order valence-electron chi connectivity index (χ0n) is 6.03. The van der Waals surface area contributed by atoms with Gasteiger partial charge in [0.2, 0.25) is 5.12 Å². The average Bonchev–Trinajstić information content (AvgIpc) is 1.87. The first kappa shape index (κ1) is 10.0. The van der Waals surface area contributed by atoms with Gasteiger partial charge in [0.05, 0.1) is 6.61 Å². The van der Waals surface area contributed by atoms with Crippen LogP contribution in [0.25, 0.3) is 0 Å². The Bertz CT molecular complexity index is 179. The molecule has 0 aliphatic heterocycles. The third-order valence-electron chi connectivity index (χ3n) is 0.703. The first-order valence-electron chi connectivity index (χ1n) is 2.99. The Labute approximate surface area is 70.0 Å². The van der Waals surface area contributed by atoms with Crippen LogP contribution in [0.4, 0.5) is 4.79 Å². The Hall–Kier alpha value is -0.970. The van der Waals surface area contributed by atoms with Crippen LogP contribution in [0.5, 0.6) is 0 Å². The number of carbonyl (C=O) groups excluding carboxylic acids is 2. The van der Waals surface area contributed by atoms with Gasteiger partial charge in [-0.2, -0.15) is 0 Å². The van der Waals surface area contributed by atoms with E-state index >= 15 is 0 Å². The summed E-state index contributed by atoms with van der Waals surface area (Å²) in [4.78, 5) is 20.7. The minimum Gasteiger partial charge on any atom is -0.450 e. The summed E-state index contributed by atoms with van der Waals surface area (Å²) in [5.41, 5.74) is 0. The van der Waals surface area contributed by atoms with Crippen LogP contribution in [0, 0.1) is 0 Å². The van der Waals surface area contributed by atoms with E-state index in [2.05, 4.69) is 22.7 Å². The largest absolute Gasteiger partial charge is 0.450 e. The van der Waals surface area contributed by atoms with Crippen molar-refractivity contribution in [1.82, 2.24) is 5.32 Å². The lowest BCUT2D eigenvalue weighted by atomic mass is 10.7. The third-order valence-corrected chi connectivity index (χ3v) is 0.852. The van der Waals surface area contributed by atoms with Crippen molar-refractivity contribution in [3.05, 3.63) is 12.3 Å². The number of hydrogen-bond donors (Lipinski definition) is 2. The maximum absolute atomic E-state index is 10.5. The lowest BCUT2D eigenvalue weighted by Crippen LogP contribution is -2.18. The summed E-state index contributed by atoms with van der Waals surface area (Å²) < 4.78 is 4.49. The van der Waals surface area contributed by atoms with Gasteiger partial charge in [0.15, 0.2) is 0 Å². The summed E-state index contributed by atoms with van der Waals surface area (Å²) in [6.07, 6.45) is 1.70. The van der Waals surface area contributed by atoms with Crippen LogP contribution in [0.3, 0.4) is 0 Å². The molecule has 0 bridgehead atoms. The van der Waals surface area contributed by atoms with Gasteiger partial charge < -0.3 is 4.74 Å². The summed E-state index contributed by atoms with van der Waals surface area (Å²) in [5.74, 6) is 0. The van der Waals surface area contributed by atoms with Crippen molar-refractivity contribution in [2.24, 2.45) is 0 Å². The van der Waals surface area contributed by atoms with E-state index in [0.29, 0.717) is 6.61 Å². The van der Waals surface area contributed by atoms with E-state index in [1.807, 2.05) is 0 Å². The molecular formula is C6H9NO3S. The lowest BCUT2D eigenvalue weighted by molar-refractivity contribution is -0.106. The normalized spacial score (nSPS) is 9.64. The molecule has 4 nitrogen and oxygen atoms in total. The van der Waals surface area contributed by atoms with Gasteiger partial charge in [0.1, 0.15) is 0 Å². The zero-order chi connectivity index (χ0) is 8.69. The highest BCUT2D eigenvalue weighted by Gasteiger charge is 1.93. The molecule has 0 fully saturated rings. The van der Waals surface area contributed by atoms with E-state index < -0.39 is 11.2 Å².